The first-order valence-corrected chi connectivity index (χ1v) is 12.7. The Kier molecular flexibility index (Phi) is 6.36. The molecule has 13 nitrogen and oxygen atoms in total. The lowest BCUT2D eigenvalue weighted by Gasteiger charge is -2.24. The summed E-state index contributed by atoms with van der Waals surface area (Å²) in [6, 6.07) is 9.02. The summed E-state index contributed by atoms with van der Waals surface area (Å²) < 4.78 is 26.4. The van der Waals surface area contributed by atoms with Gasteiger partial charge in [-0.2, -0.15) is 9.97 Å². The number of fused-ring (bicyclic) bond motifs is 2. The minimum Gasteiger partial charge on any atom is -0.460 e. The molecule has 2 aliphatic heterocycles. The molecule has 0 unspecified atom stereocenters. The summed E-state index contributed by atoms with van der Waals surface area (Å²) in [4.78, 5) is 29.6. The maximum absolute atomic E-state index is 13.0. The number of benzene rings is 1. The number of anilines is 1. The molecule has 0 radical (unpaired) electrons. The average Bonchev–Trinajstić information content (AvgIpc) is 3.68. The number of hydrogen-bond donors (Lipinski definition) is 1. The lowest BCUT2D eigenvalue weighted by molar-refractivity contribution is -0.195. The van der Waals surface area contributed by atoms with Crippen LogP contribution in [0.25, 0.3) is 21.6 Å². The summed E-state index contributed by atoms with van der Waals surface area (Å²) in [5.41, 5.74) is 10.1. The lowest BCUT2D eigenvalue weighted by atomic mass is 10.1. The quantitative estimate of drug-likeness (QED) is 0.277. The Balaban J connectivity index is 1.39. The van der Waals surface area contributed by atoms with Gasteiger partial charge in [-0.25, -0.2) is 4.98 Å². The second-order valence-corrected chi connectivity index (χ2v) is 10.1. The van der Waals surface area contributed by atoms with Crippen LogP contribution in [0.4, 0.5) is 5.82 Å². The highest BCUT2D eigenvalue weighted by Gasteiger charge is 2.56. The number of nitrogens with zero attached hydrogens (tertiary/aromatic N) is 7. The third kappa shape index (κ3) is 4.65. The van der Waals surface area contributed by atoms with E-state index in [1.165, 1.54) is 0 Å². The topological polar surface area (TPSA) is 158 Å². The fraction of sp³-hybridized carbons (Fsp3) is 0.520. The Morgan fingerprint density at radius 3 is 2.74 bits per heavy atom. The SMILES string of the molecule is CC1(C)O[C@@H]2[C@H](O1)[C@@H](CN=[N+]=[N-])O[C@H]2n1cnc2c(NC(=O)c3ccccc3)nc(OC3CCCC3)nc21. The van der Waals surface area contributed by atoms with Crippen LogP contribution in [0.5, 0.6) is 6.01 Å². The second-order valence-electron chi connectivity index (χ2n) is 10.1. The zero-order valence-corrected chi connectivity index (χ0v) is 21.1. The molecule has 3 aromatic rings. The van der Waals surface area contributed by atoms with E-state index >= 15 is 0 Å². The van der Waals surface area contributed by atoms with Crippen LogP contribution in [-0.2, 0) is 14.2 Å². The number of imidazole rings is 1. The van der Waals surface area contributed by atoms with Crippen molar-refractivity contribution < 1.29 is 23.7 Å². The minimum absolute atomic E-state index is 0.00851. The van der Waals surface area contributed by atoms with Gasteiger partial charge in [-0.15, -0.1) is 0 Å². The van der Waals surface area contributed by atoms with E-state index in [1.54, 1.807) is 35.2 Å². The highest BCUT2D eigenvalue weighted by Crippen LogP contribution is 2.44. The molecule has 6 rings (SSSR count). The van der Waals surface area contributed by atoms with Crippen LogP contribution in [0.15, 0.2) is 41.8 Å². The number of nitrogens with one attached hydrogen (secondary N) is 1. The van der Waals surface area contributed by atoms with E-state index in [2.05, 4.69) is 30.3 Å². The Morgan fingerprint density at radius 2 is 1.97 bits per heavy atom. The first kappa shape index (κ1) is 24.6. The summed E-state index contributed by atoms with van der Waals surface area (Å²) in [6.07, 6.45) is 3.45. The van der Waals surface area contributed by atoms with Gasteiger partial charge in [-0.05, 0) is 57.2 Å². The van der Waals surface area contributed by atoms with Crippen LogP contribution in [0.3, 0.4) is 0 Å². The smallest absolute Gasteiger partial charge is 0.320 e. The van der Waals surface area contributed by atoms with Gasteiger partial charge in [0.1, 0.15) is 18.3 Å². The maximum atomic E-state index is 13.0. The molecule has 1 saturated carbocycles. The summed E-state index contributed by atoms with van der Waals surface area (Å²) in [5, 5.41) is 6.56. The molecule has 4 heterocycles. The number of rotatable bonds is 7. The first-order chi connectivity index (χ1) is 18.4. The fourth-order valence-corrected chi connectivity index (χ4v) is 5.29. The molecule has 3 aliphatic rings. The van der Waals surface area contributed by atoms with E-state index in [9.17, 15) is 4.79 Å². The third-order valence-corrected chi connectivity index (χ3v) is 6.97. The lowest BCUT2D eigenvalue weighted by Crippen LogP contribution is -2.31. The van der Waals surface area contributed by atoms with Crippen molar-refractivity contribution in [2.75, 3.05) is 11.9 Å². The molecule has 1 aromatic carbocycles. The van der Waals surface area contributed by atoms with Crippen molar-refractivity contribution >= 4 is 22.9 Å². The van der Waals surface area contributed by atoms with Crippen LogP contribution >= 0.6 is 0 Å². The Bertz CT molecular complexity index is 1380. The predicted octanol–water partition coefficient (Wildman–Crippen LogP) is 4.13. The highest BCUT2D eigenvalue weighted by molar-refractivity contribution is 6.06. The largest absolute Gasteiger partial charge is 0.460 e. The Hall–Kier alpha value is -3.77. The molecule has 1 amide bonds. The number of aromatic nitrogens is 4. The minimum atomic E-state index is -0.844. The molecule has 198 valence electrons. The summed E-state index contributed by atoms with van der Waals surface area (Å²) in [7, 11) is 0. The predicted molar refractivity (Wildman–Crippen MR) is 134 cm³/mol. The van der Waals surface area contributed by atoms with E-state index in [0.29, 0.717) is 16.7 Å². The van der Waals surface area contributed by atoms with Gasteiger partial charge < -0.3 is 24.3 Å². The van der Waals surface area contributed by atoms with E-state index < -0.39 is 30.3 Å². The summed E-state index contributed by atoms with van der Waals surface area (Å²) in [6.45, 7) is 3.74. The van der Waals surface area contributed by atoms with Gasteiger partial charge in [0.25, 0.3) is 5.91 Å². The molecular formula is C25H28N8O5. The number of carbonyl (C=O) groups is 1. The molecule has 38 heavy (non-hydrogen) atoms. The highest BCUT2D eigenvalue weighted by atomic mass is 16.8. The van der Waals surface area contributed by atoms with Gasteiger partial charge >= 0.3 is 6.01 Å². The van der Waals surface area contributed by atoms with E-state index in [-0.39, 0.29) is 30.4 Å². The number of carbonyl (C=O) groups excluding carboxylic acids is 1. The van der Waals surface area contributed by atoms with Crippen molar-refractivity contribution in [2.45, 2.75) is 76.0 Å². The van der Waals surface area contributed by atoms with Crippen LogP contribution < -0.4 is 10.1 Å². The number of ether oxygens (including phenoxy) is 4. The van der Waals surface area contributed by atoms with Crippen molar-refractivity contribution in [3.63, 3.8) is 0 Å². The standard InChI is InChI=1S/C25H28N8O5/c1-25(2)37-18-16(12-28-32-26)36-23(19(18)38-25)33-13-27-17-20(29-22(34)14-8-4-3-5-9-14)30-24(31-21(17)33)35-15-10-6-7-11-15/h3-5,8-9,13,15-16,18-19,23H,6-7,10-12H2,1-2H3,(H,29,30,31,34)/t16-,18-,19-,23-/m1/s1. The van der Waals surface area contributed by atoms with Gasteiger partial charge in [0, 0.05) is 10.5 Å². The molecule has 0 spiro atoms. The number of hydrogen-bond acceptors (Lipinski definition) is 9. The van der Waals surface area contributed by atoms with Gasteiger partial charge in [-0.1, -0.05) is 23.3 Å². The molecule has 0 bridgehead atoms. The molecule has 13 heteroatoms. The molecule has 2 saturated heterocycles. The van der Waals surface area contributed by atoms with Crippen molar-refractivity contribution in [1.82, 2.24) is 19.5 Å². The molecule has 3 fully saturated rings. The average molecular weight is 521 g/mol. The van der Waals surface area contributed by atoms with Gasteiger partial charge in [0.05, 0.1) is 19.0 Å². The van der Waals surface area contributed by atoms with Crippen molar-refractivity contribution in [3.8, 4) is 6.01 Å². The molecule has 1 aliphatic carbocycles. The van der Waals surface area contributed by atoms with Crippen molar-refractivity contribution in [1.29, 1.82) is 0 Å². The summed E-state index contributed by atoms with van der Waals surface area (Å²) >= 11 is 0. The summed E-state index contributed by atoms with van der Waals surface area (Å²) in [5.74, 6) is -0.935. The maximum Gasteiger partial charge on any atom is 0.320 e. The first-order valence-electron chi connectivity index (χ1n) is 12.7. The van der Waals surface area contributed by atoms with E-state index in [1.807, 2.05) is 19.9 Å². The normalized spacial score (nSPS) is 26.3. The van der Waals surface area contributed by atoms with Gasteiger partial charge in [-0.3, -0.25) is 9.36 Å². The van der Waals surface area contributed by atoms with E-state index in [4.69, 9.17) is 24.5 Å². The number of azide groups is 1. The fourth-order valence-electron chi connectivity index (χ4n) is 5.29. The third-order valence-electron chi connectivity index (χ3n) is 6.97. The molecule has 1 N–H and O–H groups in total. The van der Waals surface area contributed by atoms with Crippen LogP contribution in [0.2, 0.25) is 0 Å². The Labute approximate surface area is 218 Å². The van der Waals surface area contributed by atoms with Crippen LogP contribution in [0.1, 0.15) is 56.1 Å². The van der Waals surface area contributed by atoms with Crippen LogP contribution in [-0.4, -0.2) is 62.2 Å². The zero-order valence-electron chi connectivity index (χ0n) is 21.1. The van der Waals surface area contributed by atoms with Gasteiger partial charge in [0.15, 0.2) is 29.0 Å². The zero-order chi connectivity index (χ0) is 26.3. The van der Waals surface area contributed by atoms with E-state index in [0.717, 1.165) is 25.7 Å². The van der Waals surface area contributed by atoms with Crippen LogP contribution in [0, 0.1) is 0 Å². The molecule has 4 atom stereocenters. The number of amides is 1. The second kappa shape index (κ2) is 9.84. The van der Waals surface area contributed by atoms with Crippen molar-refractivity contribution in [2.24, 2.45) is 5.11 Å². The monoisotopic (exact) mass is 520 g/mol. The molecular weight excluding hydrogens is 492 g/mol. The molecule has 2 aromatic heterocycles. The Morgan fingerprint density at radius 1 is 1.21 bits per heavy atom. The van der Waals surface area contributed by atoms with Gasteiger partial charge in [0.2, 0.25) is 0 Å². The van der Waals surface area contributed by atoms with Crippen molar-refractivity contribution in [3.05, 3.63) is 52.7 Å².